The Morgan fingerprint density at radius 1 is 1.25 bits per heavy atom. The van der Waals surface area contributed by atoms with Crippen LogP contribution in [0.2, 0.25) is 0 Å². The minimum absolute atomic E-state index is 0. The van der Waals surface area contributed by atoms with E-state index in [-0.39, 0.29) is 36.8 Å². The van der Waals surface area contributed by atoms with Gasteiger partial charge in [0, 0.05) is 24.2 Å². The maximum absolute atomic E-state index is 12.6. The zero-order valence-electron chi connectivity index (χ0n) is 16.0. The van der Waals surface area contributed by atoms with Gasteiger partial charge in [0.25, 0.3) is 5.91 Å². The summed E-state index contributed by atoms with van der Waals surface area (Å²) >= 11 is 0. The first-order valence-electron chi connectivity index (χ1n) is 8.93. The first-order valence-corrected chi connectivity index (χ1v) is 8.93. The molecule has 0 aliphatic heterocycles. The molecule has 7 nitrogen and oxygen atoms in total. The van der Waals surface area contributed by atoms with Crippen LogP contribution in [0.3, 0.4) is 0 Å². The smallest absolute Gasteiger partial charge is 0.274 e. The summed E-state index contributed by atoms with van der Waals surface area (Å²) in [7, 11) is 0. The van der Waals surface area contributed by atoms with Crippen molar-refractivity contribution >= 4 is 41.6 Å². The number of halogens is 2. The van der Waals surface area contributed by atoms with Crippen LogP contribution in [0.1, 0.15) is 42.4 Å². The number of para-hydroxylation sites is 1. The van der Waals surface area contributed by atoms with Gasteiger partial charge in [0.15, 0.2) is 5.69 Å². The monoisotopic (exact) mass is 424 g/mol. The Bertz CT molecular complexity index is 909. The van der Waals surface area contributed by atoms with Crippen LogP contribution in [0.5, 0.6) is 0 Å². The van der Waals surface area contributed by atoms with Crippen LogP contribution in [0, 0.1) is 6.92 Å². The molecular weight excluding hydrogens is 399 g/mol. The molecule has 0 saturated heterocycles. The molecule has 2 aromatic heterocycles. The van der Waals surface area contributed by atoms with E-state index in [9.17, 15) is 4.79 Å². The Kier molecular flexibility index (Phi) is 9.31. The number of amides is 1. The number of nitrogens with two attached hydrogens (primary N) is 1. The number of carbonyl (C=O) groups is 1. The molecule has 0 aliphatic carbocycles. The van der Waals surface area contributed by atoms with Gasteiger partial charge in [0.2, 0.25) is 0 Å². The van der Waals surface area contributed by atoms with Crippen molar-refractivity contribution in [2.24, 2.45) is 5.73 Å². The largest absolute Gasteiger partial charge is 0.347 e. The summed E-state index contributed by atoms with van der Waals surface area (Å²) in [5.41, 5.74) is 8.38. The second kappa shape index (κ2) is 10.9. The molecule has 2 heterocycles. The summed E-state index contributed by atoms with van der Waals surface area (Å²) in [6.45, 7) is 4.36. The predicted molar refractivity (Wildman–Crippen MR) is 116 cm³/mol. The molecule has 0 spiro atoms. The van der Waals surface area contributed by atoms with Gasteiger partial charge < -0.3 is 11.1 Å². The lowest BCUT2D eigenvalue weighted by atomic mass is 10.1. The summed E-state index contributed by atoms with van der Waals surface area (Å²) in [6, 6.07) is 9.68. The van der Waals surface area contributed by atoms with E-state index in [2.05, 4.69) is 27.5 Å². The van der Waals surface area contributed by atoms with Gasteiger partial charge >= 0.3 is 0 Å². The second-order valence-corrected chi connectivity index (χ2v) is 6.34. The molecule has 0 fully saturated rings. The average Bonchev–Trinajstić information content (AvgIpc) is 3.05. The van der Waals surface area contributed by atoms with Crippen LogP contribution in [-0.2, 0) is 0 Å². The molecule has 1 unspecified atom stereocenters. The highest BCUT2D eigenvalue weighted by atomic mass is 35.5. The fourth-order valence-electron chi connectivity index (χ4n) is 2.98. The van der Waals surface area contributed by atoms with Crippen molar-refractivity contribution in [3.8, 4) is 5.69 Å². The van der Waals surface area contributed by atoms with E-state index in [1.807, 2.05) is 37.3 Å². The molecule has 0 aliphatic rings. The molecule has 0 radical (unpaired) electrons. The standard InChI is InChI=1S/C19H24N6O.2ClH/c1-3-4-9-15(12-20)22-19(26)17-13(2)25(24-23-17)16-10-5-7-14-8-6-11-21-18(14)16;;/h5-8,10-11,15H,3-4,9,12,20H2,1-2H3,(H,22,26);2*1H. The molecule has 3 aromatic rings. The number of carbonyl (C=O) groups excluding carboxylic acids is 1. The molecule has 0 saturated carbocycles. The topological polar surface area (TPSA) is 98.7 Å². The van der Waals surface area contributed by atoms with Gasteiger partial charge in [-0.1, -0.05) is 43.2 Å². The van der Waals surface area contributed by atoms with Crippen molar-refractivity contribution in [1.29, 1.82) is 0 Å². The molecular formula is C19H26Cl2N6O. The number of fused-ring (bicyclic) bond motifs is 1. The van der Waals surface area contributed by atoms with E-state index in [0.717, 1.165) is 35.9 Å². The number of rotatable bonds is 7. The minimum Gasteiger partial charge on any atom is -0.347 e. The van der Waals surface area contributed by atoms with E-state index >= 15 is 0 Å². The maximum atomic E-state index is 12.6. The van der Waals surface area contributed by atoms with E-state index in [4.69, 9.17) is 5.73 Å². The third-order valence-electron chi connectivity index (χ3n) is 4.48. The molecule has 1 aromatic carbocycles. The molecule has 0 bridgehead atoms. The Morgan fingerprint density at radius 2 is 2.00 bits per heavy atom. The van der Waals surface area contributed by atoms with E-state index in [0.29, 0.717) is 17.9 Å². The summed E-state index contributed by atoms with van der Waals surface area (Å²) < 4.78 is 1.66. The van der Waals surface area contributed by atoms with Gasteiger partial charge in [0.05, 0.1) is 16.9 Å². The molecule has 28 heavy (non-hydrogen) atoms. The Balaban J connectivity index is 0.00000196. The summed E-state index contributed by atoms with van der Waals surface area (Å²) in [5, 5.41) is 12.3. The van der Waals surface area contributed by atoms with Crippen LogP contribution >= 0.6 is 24.8 Å². The number of nitrogens with zero attached hydrogens (tertiary/aromatic N) is 4. The van der Waals surface area contributed by atoms with E-state index < -0.39 is 0 Å². The predicted octanol–water partition coefficient (Wildman–Crippen LogP) is 3.21. The van der Waals surface area contributed by atoms with Gasteiger partial charge in [-0.3, -0.25) is 9.78 Å². The lowest BCUT2D eigenvalue weighted by Crippen LogP contribution is -2.40. The Morgan fingerprint density at radius 3 is 2.71 bits per heavy atom. The van der Waals surface area contributed by atoms with E-state index in [1.165, 1.54) is 0 Å². The highest BCUT2D eigenvalue weighted by Crippen LogP contribution is 2.21. The van der Waals surface area contributed by atoms with Crippen molar-refractivity contribution in [3.05, 3.63) is 47.9 Å². The molecule has 1 atom stereocenters. The molecule has 1 amide bonds. The lowest BCUT2D eigenvalue weighted by Gasteiger charge is -2.15. The highest BCUT2D eigenvalue weighted by Gasteiger charge is 2.20. The molecule has 152 valence electrons. The molecule has 9 heteroatoms. The van der Waals surface area contributed by atoms with Gasteiger partial charge in [-0.05, 0) is 25.5 Å². The SMILES string of the molecule is CCCCC(CN)NC(=O)c1nnn(-c2cccc3cccnc23)c1C.Cl.Cl. The zero-order valence-corrected chi connectivity index (χ0v) is 17.6. The van der Waals surface area contributed by atoms with Crippen molar-refractivity contribution in [1.82, 2.24) is 25.3 Å². The minimum atomic E-state index is -0.242. The average molecular weight is 425 g/mol. The van der Waals surface area contributed by atoms with Gasteiger partial charge in [-0.2, -0.15) is 0 Å². The zero-order chi connectivity index (χ0) is 18.5. The van der Waals surface area contributed by atoms with Crippen molar-refractivity contribution in [2.75, 3.05) is 6.54 Å². The first-order chi connectivity index (χ1) is 12.7. The fourth-order valence-corrected chi connectivity index (χ4v) is 2.98. The van der Waals surface area contributed by atoms with Crippen molar-refractivity contribution in [2.45, 2.75) is 39.2 Å². The van der Waals surface area contributed by atoms with E-state index in [1.54, 1.807) is 10.9 Å². The summed E-state index contributed by atoms with van der Waals surface area (Å²) in [5.74, 6) is -0.242. The van der Waals surface area contributed by atoms with Crippen LogP contribution < -0.4 is 11.1 Å². The third kappa shape index (κ3) is 4.98. The fraction of sp³-hybridized carbons (Fsp3) is 0.368. The number of aromatic nitrogens is 4. The van der Waals surface area contributed by atoms with Crippen LogP contribution in [-0.4, -0.2) is 38.5 Å². The number of hydrogen-bond acceptors (Lipinski definition) is 5. The number of pyridine rings is 1. The van der Waals surface area contributed by atoms with Crippen molar-refractivity contribution in [3.63, 3.8) is 0 Å². The molecule has 3 N–H and O–H groups in total. The van der Waals surface area contributed by atoms with Gasteiger partial charge in [-0.15, -0.1) is 29.9 Å². The summed E-state index contributed by atoms with van der Waals surface area (Å²) in [6.07, 6.45) is 4.69. The molecule has 3 rings (SSSR count). The van der Waals surface area contributed by atoms with Gasteiger partial charge in [0.1, 0.15) is 0 Å². The number of hydrogen-bond donors (Lipinski definition) is 2. The van der Waals surface area contributed by atoms with Crippen molar-refractivity contribution < 1.29 is 4.79 Å². The summed E-state index contributed by atoms with van der Waals surface area (Å²) in [4.78, 5) is 17.1. The van der Waals surface area contributed by atoms with Crippen LogP contribution in [0.15, 0.2) is 36.5 Å². The quantitative estimate of drug-likeness (QED) is 0.606. The number of unbranched alkanes of at least 4 members (excludes halogenated alkanes) is 1. The third-order valence-corrected chi connectivity index (χ3v) is 4.48. The Labute approximate surface area is 176 Å². The lowest BCUT2D eigenvalue weighted by molar-refractivity contribution is 0.0930. The maximum Gasteiger partial charge on any atom is 0.274 e. The number of benzene rings is 1. The first kappa shape index (κ1) is 23.8. The normalized spacial score (nSPS) is 11.4. The van der Waals surface area contributed by atoms with Crippen LogP contribution in [0.4, 0.5) is 0 Å². The number of nitrogens with one attached hydrogen (secondary N) is 1. The Hall–Kier alpha value is -2.22. The van der Waals surface area contributed by atoms with Gasteiger partial charge in [-0.25, -0.2) is 4.68 Å². The van der Waals surface area contributed by atoms with Crippen LogP contribution in [0.25, 0.3) is 16.6 Å². The second-order valence-electron chi connectivity index (χ2n) is 6.34. The highest BCUT2D eigenvalue weighted by molar-refractivity contribution is 5.94.